The number of aromatic nitrogens is 1. The normalized spacial score (nSPS) is 11.6. The second kappa shape index (κ2) is 8.71. The van der Waals surface area contributed by atoms with Crippen LogP contribution in [0.3, 0.4) is 0 Å². The maximum atomic E-state index is 12.9. The summed E-state index contributed by atoms with van der Waals surface area (Å²) < 4.78 is 27.2. The number of carbonyl (C=O) groups is 1. The fourth-order valence-corrected chi connectivity index (χ4v) is 4.28. The molecule has 1 amide bonds. The molecule has 0 bridgehead atoms. The van der Waals surface area contributed by atoms with Crippen molar-refractivity contribution in [2.75, 3.05) is 13.1 Å². The lowest BCUT2D eigenvalue weighted by atomic mass is 9.99. The molecule has 0 atom stereocenters. The van der Waals surface area contributed by atoms with Gasteiger partial charge >= 0.3 is 0 Å². The molecular formula is C22H25N3O3S. The Bertz CT molecular complexity index is 1140. The van der Waals surface area contributed by atoms with E-state index in [1.54, 1.807) is 24.3 Å². The summed E-state index contributed by atoms with van der Waals surface area (Å²) in [7, 11) is -3.60. The van der Waals surface area contributed by atoms with E-state index in [4.69, 9.17) is 0 Å². The van der Waals surface area contributed by atoms with E-state index in [0.29, 0.717) is 5.56 Å². The topological polar surface area (TPSA) is 88.2 Å². The molecule has 0 unspecified atom stereocenters. The van der Waals surface area contributed by atoms with Gasteiger partial charge in [-0.25, -0.2) is 13.1 Å². The van der Waals surface area contributed by atoms with Crippen molar-refractivity contribution in [3.63, 3.8) is 0 Å². The largest absolute Gasteiger partial charge is 0.351 e. The maximum absolute atomic E-state index is 12.9. The summed E-state index contributed by atoms with van der Waals surface area (Å²) in [6.45, 7) is 6.08. The summed E-state index contributed by atoms with van der Waals surface area (Å²) >= 11 is 0. The average molecular weight is 412 g/mol. The van der Waals surface area contributed by atoms with Gasteiger partial charge in [-0.1, -0.05) is 42.8 Å². The van der Waals surface area contributed by atoms with Crippen molar-refractivity contribution in [3.8, 4) is 0 Å². The van der Waals surface area contributed by atoms with E-state index in [0.717, 1.165) is 34.1 Å². The Hall–Kier alpha value is -2.77. The summed E-state index contributed by atoms with van der Waals surface area (Å²) in [4.78, 5) is 17.7. The van der Waals surface area contributed by atoms with Gasteiger partial charge in [0.1, 0.15) is 0 Å². The Morgan fingerprint density at radius 3 is 2.38 bits per heavy atom. The number of nitrogens with zero attached hydrogens (tertiary/aromatic N) is 1. The molecule has 1 heterocycles. The number of fused-ring (bicyclic) bond motifs is 1. The lowest BCUT2D eigenvalue weighted by Crippen LogP contribution is -2.35. The molecule has 0 saturated heterocycles. The Labute approximate surface area is 171 Å². The second-order valence-corrected chi connectivity index (χ2v) is 8.66. The smallest absolute Gasteiger partial charge is 0.252 e. The van der Waals surface area contributed by atoms with E-state index in [2.05, 4.69) is 15.0 Å². The minimum atomic E-state index is -3.60. The van der Waals surface area contributed by atoms with Crippen LogP contribution in [0.25, 0.3) is 10.9 Å². The number of carbonyl (C=O) groups excluding carboxylic acids is 1. The minimum Gasteiger partial charge on any atom is -0.351 e. The zero-order chi connectivity index (χ0) is 21.0. The van der Waals surface area contributed by atoms with Crippen LogP contribution in [0.4, 0.5) is 0 Å². The van der Waals surface area contributed by atoms with Crippen molar-refractivity contribution < 1.29 is 13.2 Å². The maximum Gasteiger partial charge on any atom is 0.252 e. The highest BCUT2D eigenvalue weighted by Gasteiger charge is 2.17. The lowest BCUT2D eigenvalue weighted by Gasteiger charge is -2.14. The first-order valence-corrected chi connectivity index (χ1v) is 11.0. The third kappa shape index (κ3) is 4.63. The van der Waals surface area contributed by atoms with Crippen molar-refractivity contribution in [3.05, 3.63) is 70.9 Å². The highest BCUT2D eigenvalue weighted by atomic mass is 32.2. The molecule has 0 fully saturated rings. The first-order chi connectivity index (χ1) is 13.8. The zero-order valence-electron chi connectivity index (χ0n) is 16.8. The van der Waals surface area contributed by atoms with Crippen molar-refractivity contribution in [2.24, 2.45) is 0 Å². The Kier molecular flexibility index (Phi) is 6.30. The van der Waals surface area contributed by atoms with E-state index in [-0.39, 0.29) is 23.9 Å². The summed E-state index contributed by atoms with van der Waals surface area (Å²) in [5.74, 6) is -0.231. The number of benzene rings is 2. The first-order valence-electron chi connectivity index (χ1n) is 9.56. The number of sulfonamides is 1. The van der Waals surface area contributed by atoms with Gasteiger partial charge in [-0.15, -0.1) is 0 Å². The van der Waals surface area contributed by atoms with Gasteiger partial charge in [-0.05, 0) is 44.0 Å². The van der Waals surface area contributed by atoms with Gasteiger partial charge < -0.3 is 5.32 Å². The van der Waals surface area contributed by atoms with Gasteiger partial charge in [0.15, 0.2) is 0 Å². The van der Waals surface area contributed by atoms with Crippen LogP contribution >= 0.6 is 0 Å². The molecule has 6 nitrogen and oxygen atoms in total. The first kappa shape index (κ1) is 21.0. The van der Waals surface area contributed by atoms with Gasteiger partial charge in [0.2, 0.25) is 10.0 Å². The number of hydrogen-bond donors (Lipinski definition) is 2. The van der Waals surface area contributed by atoms with Crippen LogP contribution in [0.1, 0.15) is 34.1 Å². The predicted molar refractivity (Wildman–Crippen MR) is 115 cm³/mol. The molecule has 0 aliphatic carbocycles. The third-order valence-electron chi connectivity index (χ3n) is 4.83. The van der Waals surface area contributed by atoms with E-state index in [9.17, 15) is 13.2 Å². The standard InChI is InChI=1S/C22H25N3O3S/c1-4-19-16(3)21(18-7-5-6-8-20(18)25-19)22(26)23-13-14-24-29(27,28)17-11-9-15(2)10-12-17/h5-12,24H,4,13-14H2,1-3H3,(H,23,26). The van der Waals surface area contributed by atoms with Crippen LogP contribution in [0, 0.1) is 13.8 Å². The molecule has 0 aliphatic rings. The molecular weight excluding hydrogens is 386 g/mol. The van der Waals surface area contributed by atoms with Crippen LogP contribution in [0.2, 0.25) is 0 Å². The van der Waals surface area contributed by atoms with Crippen LogP contribution in [0.5, 0.6) is 0 Å². The predicted octanol–water partition coefficient (Wildman–Crippen LogP) is 3.12. The number of hydrogen-bond acceptors (Lipinski definition) is 4. The van der Waals surface area contributed by atoms with E-state index >= 15 is 0 Å². The molecule has 0 aliphatic heterocycles. The highest BCUT2D eigenvalue weighted by molar-refractivity contribution is 7.89. The lowest BCUT2D eigenvalue weighted by molar-refractivity contribution is 0.0955. The average Bonchev–Trinajstić information content (AvgIpc) is 2.71. The van der Waals surface area contributed by atoms with Crippen molar-refractivity contribution in [2.45, 2.75) is 32.1 Å². The van der Waals surface area contributed by atoms with E-state index in [1.165, 1.54) is 0 Å². The fourth-order valence-electron chi connectivity index (χ4n) is 3.25. The second-order valence-electron chi connectivity index (χ2n) is 6.90. The molecule has 7 heteroatoms. The highest BCUT2D eigenvalue weighted by Crippen LogP contribution is 2.23. The summed E-state index contributed by atoms with van der Waals surface area (Å²) in [5.41, 5.74) is 4.09. The number of aryl methyl sites for hydroxylation is 2. The SMILES string of the molecule is CCc1nc2ccccc2c(C(=O)NCCNS(=O)(=O)c2ccc(C)cc2)c1C. The van der Waals surface area contributed by atoms with Crippen LogP contribution < -0.4 is 10.0 Å². The fraction of sp³-hybridized carbons (Fsp3) is 0.273. The molecule has 2 N–H and O–H groups in total. The molecule has 0 radical (unpaired) electrons. The Balaban J connectivity index is 1.70. The molecule has 0 saturated carbocycles. The summed E-state index contributed by atoms with van der Waals surface area (Å²) in [6.07, 6.45) is 0.729. The molecule has 29 heavy (non-hydrogen) atoms. The molecule has 2 aromatic carbocycles. The Morgan fingerprint density at radius 1 is 1.00 bits per heavy atom. The van der Waals surface area contributed by atoms with Gasteiger partial charge in [-0.2, -0.15) is 0 Å². The van der Waals surface area contributed by atoms with Gasteiger partial charge in [0.05, 0.1) is 16.0 Å². The van der Waals surface area contributed by atoms with E-state index < -0.39 is 10.0 Å². The quantitative estimate of drug-likeness (QED) is 0.585. The molecule has 3 aromatic rings. The van der Waals surface area contributed by atoms with Crippen LogP contribution in [-0.2, 0) is 16.4 Å². The van der Waals surface area contributed by atoms with Crippen molar-refractivity contribution in [1.82, 2.24) is 15.0 Å². The monoisotopic (exact) mass is 411 g/mol. The van der Waals surface area contributed by atoms with Crippen molar-refractivity contribution in [1.29, 1.82) is 0 Å². The van der Waals surface area contributed by atoms with Gasteiger partial charge in [0, 0.05) is 24.2 Å². The zero-order valence-corrected chi connectivity index (χ0v) is 17.6. The van der Waals surface area contributed by atoms with E-state index in [1.807, 2.05) is 45.0 Å². The molecule has 152 valence electrons. The Morgan fingerprint density at radius 2 is 1.69 bits per heavy atom. The molecule has 1 aromatic heterocycles. The summed E-state index contributed by atoms with van der Waals surface area (Å²) in [6, 6.07) is 14.2. The van der Waals surface area contributed by atoms with Gasteiger partial charge in [0.25, 0.3) is 5.91 Å². The number of para-hydroxylation sites is 1. The van der Waals surface area contributed by atoms with Crippen LogP contribution in [-0.4, -0.2) is 32.4 Å². The number of nitrogens with one attached hydrogen (secondary N) is 2. The number of pyridine rings is 1. The van der Waals surface area contributed by atoms with Crippen molar-refractivity contribution >= 4 is 26.8 Å². The number of amides is 1. The molecule has 3 rings (SSSR count). The number of rotatable bonds is 7. The minimum absolute atomic E-state index is 0.102. The van der Waals surface area contributed by atoms with Crippen LogP contribution in [0.15, 0.2) is 53.4 Å². The van der Waals surface area contributed by atoms with Gasteiger partial charge in [-0.3, -0.25) is 9.78 Å². The third-order valence-corrected chi connectivity index (χ3v) is 6.31. The molecule has 0 spiro atoms. The summed E-state index contributed by atoms with van der Waals surface area (Å²) in [5, 5.41) is 3.61.